The maximum Gasteiger partial charge on any atom is 0.0293 e. The molecule has 0 aromatic carbocycles. The summed E-state index contributed by atoms with van der Waals surface area (Å²) in [5.74, 6) is 0.977. The van der Waals surface area contributed by atoms with E-state index >= 15 is 0 Å². The van der Waals surface area contributed by atoms with Crippen LogP contribution in [0.2, 0.25) is 0 Å². The molecule has 2 heteroatoms. The molecular formula is C14H25N2. The van der Waals surface area contributed by atoms with E-state index in [1.807, 2.05) is 0 Å². The standard InChI is InChI=1S/C14H25N2/c1-2-6-12(5-1)14-11-15-9-10-16(14)13-7-3-4-8-13/h12-14H,1-11H2. The van der Waals surface area contributed by atoms with Crippen molar-refractivity contribution in [2.75, 3.05) is 19.6 Å². The van der Waals surface area contributed by atoms with Crippen molar-refractivity contribution in [1.29, 1.82) is 0 Å². The quantitative estimate of drug-likeness (QED) is 0.700. The number of piperazine rings is 1. The van der Waals surface area contributed by atoms with E-state index in [1.165, 1.54) is 57.9 Å². The molecule has 91 valence electrons. The fourth-order valence-corrected chi connectivity index (χ4v) is 4.13. The molecule has 1 aliphatic heterocycles. The van der Waals surface area contributed by atoms with E-state index in [1.54, 1.807) is 0 Å². The zero-order valence-corrected chi connectivity index (χ0v) is 10.4. The maximum absolute atomic E-state index is 4.68. The van der Waals surface area contributed by atoms with Crippen LogP contribution >= 0.6 is 0 Å². The van der Waals surface area contributed by atoms with E-state index < -0.39 is 0 Å². The van der Waals surface area contributed by atoms with Crippen LogP contribution in [-0.2, 0) is 0 Å². The second-order valence-corrected chi connectivity index (χ2v) is 5.92. The fourth-order valence-electron chi connectivity index (χ4n) is 4.13. The Balaban J connectivity index is 1.67. The zero-order valence-electron chi connectivity index (χ0n) is 10.4. The minimum Gasteiger partial charge on any atom is -0.295 e. The number of nitrogens with zero attached hydrogens (tertiary/aromatic N) is 2. The van der Waals surface area contributed by atoms with E-state index in [2.05, 4.69) is 10.2 Å². The maximum atomic E-state index is 4.68. The van der Waals surface area contributed by atoms with Gasteiger partial charge in [-0.1, -0.05) is 25.7 Å². The number of rotatable bonds is 2. The summed E-state index contributed by atoms with van der Waals surface area (Å²) < 4.78 is 0. The van der Waals surface area contributed by atoms with E-state index in [0.29, 0.717) is 0 Å². The van der Waals surface area contributed by atoms with Gasteiger partial charge in [-0.05, 0) is 31.6 Å². The monoisotopic (exact) mass is 221 g/mol. The molecule has 16 heavy (non-hydrogen) atoms. The van der Waals surface area contributed by atoms with Gasteiger partial charge in [0.15, 0.2) is 0 Å². The van der Waals surface area contributed by atoms with Gasteiger partial charge in [0.1, 0.15) is 0 Å². The molecule has 2 aliphatic carbocycles. The van der Waals surface area contributed by atoms with Gasteiger partial charge >= 0.3 is 0 Å². The summed E-state index contributed by atoms with van der Waals surface area (Å²) in [4.78, 5) is 2.86. The molecule has 2 saturated carbocycles. The van der Waals surface area contributed by atoms with E-state index in [-0.39, 0.29) is 0 Å². The van der Waals surface area contributed by atoms with E-state index in [4.69, 9.17) is 0 Å². The Bertz CT molecular complexity index is 193. The summed E-state index contributed by atoms with van der Waals surface area (Å²) in [6.45, 7) is 3.49. The average molecular weight is 221 g/mol. The van der Waals surface area contributed by atoms with Crippen LogP contribution in [0.25, 0.3) is 0 Å². The molecule has 3 rings (SSSR count). The fraction of sp³-hybridized carbons (Fsp3) is 1.00. The molecule has 1 radical (unpaired) electrons. The van der Waals surface area contributed by atoms with Crippen molar-refractivity contribution >= 4 is 0 Å². The second-order valence-electron chi connectivity index (χ2n) is 5.92. The summed E-state index contributed by atoms with van der Waals surface area (Å²) in [7, 11) is 0. The minimum atomic E-state index is 0.819. The van der Waals surface area contributed by atoms with Gasteiger partial charge in [-0.2, -0.15) is 0 Å². The minimum absolute atomic E-state index is 0.819. The van der Waals surface area contributed by atoms with Gasteiger partial charge in [-0.15, -0.1) is 0 Å². The molecule has 0 aromatic rings. The first-order valence-corrected chi connectivity index (χ1v) is 7.34. The van der Waals surface area contributed by atoms with E-state index in [9.17, 15) is 0 Å². The van der Waals surface area contributed by atoms with Crippen molar-refractivity contribution in [3.63, 3.8) is 0 Å². The molecular weight excluding hydrogens is 196 g/mol. The Morgan fingerprint density at radius 2 is 1.56 bits per heavy atom. The molecule has 0 aromatic heterocycles. The Morgan fingerprint density at radius 1 is 0.875 bits per heavy atom. The summed E-state index contributed by atoms with van der Waals surface area (Å²) in [6.07, 6.45) is 11.8. The highest BCUT2D eigenvalue weighted by Crippen LogP contribution is 2.34. The lowest BCUT2D eigenvalue weighted by Crippen LogP contribution is -2.55. The molecule has 1 unspecified atom stereocenters. The molecule has 3 aliphatic rings. The molecule has 0 bridgehead atoms. The SMILES string of the molecule is C1CCC(C2C[N]CCN2C2CCCC2)C1. The van der Waals surface area contributed by atoms with Gasteiger partial charge in [-0.3, -0.25) is 4.90 Å². The number of hydrogen-bond donors (Lipinski definition) is 0. The van der Waals surface area contributed by atoms with Crippen LogP contribution in [0.1, 0.15) is 51.4 Å². The Hall–Kier alpha value is -0.0800. The van der Waals surface area contributed by atoms with Gasteiger partial charge in [0.25, 0.3) is 0 Å². The Morgan fingerprint density at radius 3 is 2.31 bits per heavy atom. The molecule has 2 nitrogen and oxygen atoms in total. The van der Waals surface area contributed by atoms with Crippen LogP contribution in [-0.4, -0.2) is 36.6 Å². The zero-order chi connectivity index (χ0) is 10.8. The third-order valence-electron chi connectivity index (χ3n) is 5.00. The Labute approximate surface area is 99.8 Å². The summed E-state index contributed by atoms with van der Waals surface area (Å²) in [5.41, 5.74) is 0. The van der Waals surface area contributed by atoms with Crippen LogP contribution in [0.5, 0.6) is 0 Å². The lowest BCUT2D eigenvalue weighted by Gasteiger charge is -2.42. The highest BCUT2D eigenvalue weighted by molar-refractivity contribution is 4.92. The van der Waals surface area contributed by atoms with Gasteiger partial charge in [0, 0.05) is 31.7 Å². The highest BCUT2D eigenvalue weighted by Gasteiger charge is 2.36. The smallest absolute Gasteiger partial charge is 0.0293 e. The predicted octanol–water partition coefficient (Wildman–Crippen LogP) is 2.41. The van der Waals surface area contributed by atoms with Crippen LogP contribution in [0.4, 0.5) is 0 Å². The van der Waals surface area contributed by atoms with Crippen LogP contribution in [0.3, 0.4) is 0 Å². The summed E-state index contributed by atoms with van der Waals surface area (Å²) in [6, 6.07) is 1.74. The van der Waals surface area contributed by atoms with Crippen molar-refractivity contribution in [3.05, 3.63) is 0 Å². The third-order valence-corrected chi connectivity index (χ3v) is 5.00. The van der Waals surface area contributed by atoms with Crippen molar-refractivity contribution in [1.82, 2.24) is 10.2 Å². The molecule has 1 saturated heterocycles. The van der Waals surface area contributed by atoms with Crippen molar-refractivity contribution in [2.45, 2.75) is 63.5 Å². The molecule has 0 spiro atoms. The van der Waals surface area contributed by atoms with Crippen LogP contribution < -0.4 is 5.32 Å². The molecule has 0 N–H and O–H groups in total. The van der Waals surface area contributed by atoms with Gasteiger partial charge in [-0.25, -0.2) is 5.32 Å². The van der Waals surface area contributed by atoms with E-state index in [0.717, 1.165) is 31.1 Å². The number of hydrogen-bond acceptors (Lipinski definition) is 1. The average Bonchev–Trinajstić information content (AvgIpc) is 3.03. The predicted molar refractivity (Wildman–Crippen MR) is 66.6 cm³/mol. The first-order chi connectivity index (χ1) is 7.95. The van der Waals surface area contributed by atoms with Crippen molar-refractivity contribution in [3.8, 4) is 0 Å². The van der Waals surface area contributed by atoms with Crippen molar-refractivity contribution < 1.29 is 0 Å². The topological polar surface area (TPSA) is 17.3 Å². The van der Waals surface area contributed by atoms with Gasteiger partial charge in [0.05, 0.1) is 0 Å². The molecule has 1 atom stereocenters. The van der Waals surface area contributed by atoms with Crippen LogP contribution in [0.15, 0.2) is 0 Å². The Kier molecular flexibility index (Phi) is 3.49. The molecule has 0 amide bonds. The largest absolute Gasteiger partial charge is 0.295 e. The first-order valence-electron chi connectivity index (χ1n) is 7.34. The highest BCUT2D eigenvalue weighted by atomic mass is 15.2. The normalized spacial score (nSPS) is 34.9. The molecule has 1 heterocycles. The first kappa shape index (κ1) is 11.0. The molecule has 3 fully saturated rings. The summed E-state index contributed by atoms with van der Waals surface area (Å²) >= 11 is 0. The van der Waals surface area contributed by atoms with Crippen LogP contribution in [0, 0.1) is 5.92 Å². The third kappa shape index (κ3) is 2.14. The second kappa shape index (κ2) is 5.05. The van der Waals surface area contributed by atoms with Gasteiger partial charge in [0.2, 0.25) is 0 Å². The lowest BCUT2D eigenvalue weighted by molar-refractivity contribution is 0.0692. The van der Waals surface area contributed by atoms with Crippen molar-refractivity contribution in [2.24, 2.45) is 5.92 Å². The lowest BCUT2D eigenvalue weighted by atomic mass is 9.93. The van der Waals surface area contributed by atoms with Gasteiger partial charge < -0.3 is 0 Å². The summed E-state index contributed by atoms with van der Waals surface area (Å²) in [5, 5.41) is 4.68.